The Kier molecular flexibility index (Phi) is 15.9. The highest BCUT2D eigenvalue weighted by molar-refractivity contribution is 5.89. The zero-order chi connectivity index (χ0) is 24.3. The lowest BCUT2D eigenvalue weighted by molar-refractivity contribution is 0.0497. The third-order valence-corrected chi connectivity index (χ3v) is 7.19. The maximum atomic E-state index is 12.4. The first-order valence-corrected chi connectivity index (χ1v) is 14.7. The summed E-state index contributed by atoms with van der Waals surface area (Å²) in [6, 6.07) is 5.83. The summed E-state index contributed by atoms with van der Waals surface area (Å²) in [5, 5.41) is 0. The van der Waals surface area contributed by atoms with Crippen LogP contribution in [0.3, 0.4) is 0 Å². The van der Waals surface area contributed by atoms with Crippen molar-refractivity contribution in [3.63, 3.8) is 0 Å². The Morgan fingerprint density at radius 1 is 0.794 bits per heavy atom. The standard InChI is InChI=1S/C31H52O3/c1-3-5-7-9-11-13-14-16-18-20-29-23-21-27-26-28(22-24-30(27)34-29)31(32)33-25-19-17-15-12-10-8-6-4-2/h22,24,26,29H,3-21,23,25H2,1-2H3/t29-/m0/s1. The zero-order valence-electron chi connectivity index (χ0n) is 22.4. The number of carbonyl (C=O) groups is 1. The minimum atomic E-state index is -0.192. The van der Waals surface area contributed by atoms with Gasteiger partial charge in [0.25, 0.3) is 0 Å². The Hall–Kier alpha value is -1.51. The van der Waals surface area contributed by atoms with Crippen molar-refractivity contribution in [1.29, 1.82) is 0 Å². The van der Waals surface area contributed by atoms with E-state index >= 15 is 0 Å². The molecule has 0 saturated carbocycles. The minimum Gasteiger partial charge on any atom is -0.490 e. The first-order chi connectivity index (χ1) is 16.7. The molecule has 0 fully saturated rings. The summed E-state index contributed by atoms with van der Waals surface area (Å²) in [6.45, 7) is 5.06. The van der Waals surface area contributed by atoms with Crippen molar-refractivity contribution in [1.82, 2.24) is 0 Å². The van der Waals surface area contributed by atoms with Gasteiger partial charge in [0.1, 0.15) is 5.75 Å². The van der Waals surface area contributed by atoms with Crippen LogP contribution in [0.1, 0.15) is 152 Å². The van der Waals surface area contributed by atoms with Gasteiger partial charge in [-0.15, -0.1) is 0 Å². The number of hydrogen-bond donors (Lipinski definition) is 0. The molecule has 0 spiro atoms. The third kappa shape index (κ3) is 12.3. The van der Waals surface area contributed by atoms with Crippen molar-refractivity contribution in [3.05, 3.63) is 29.3 Å². The lowest BCUT2D eigenvalue weighted by Gasteiger charge is -2.26. The summed E-state index contributed by atoms with van der Waals surface area (Å²) < 4.78 is 11.8. The van der Waals surface area contributed by atoms with E-state index in [4.69, 9.17) is 9.47 Å². The molecule has 1 aliphatic rings. The van der Waals surface area contributed by atoms with Crippen LogP contribution in [0, 0.1) is 0 Å². The summed E-state index contributed by atoms with van der Waals surface area (Å²) in [6.07, 6.45) is 25.8. The molecule has 0 aliphatic carbocycles. The van der Waals surface area contributed by atoms with Crippen LogP contribution < -0.4 is 4.74 Å². The van der Waals surface area contributed by atoms with Gasteiger partial charge in [-0.25, -0.2) is 4.79 Å². The fourth-order valence-corrected chi connectivity index (χ4v) is 4.94. The van der Waals surface area contributed by atoms with Gasteiger partial charge in [0.2, 0.25) is 0 Å². The molecular weight excluding hydrogens is 420 g/mol. The van der Waals surface area contributed by atoms with Crippen molar-refractivity contribution in [3.8, 4) is 5.75 Å². The number of hydrogen-bond acceptors (Lipinski definition) is 3. The number of fused-ring (bicyclic) bond motifs is 1. The van der Waals surface area contributed by atoms with Crippen molar-refractivity contribution in [2.45, 2.75) is 148 Å². The molecule has 34 heavy (non-hydrogen) atoms. The smallest absolute Gasteiger partial charge is 0.338 e. The van der Waals surface area contributed by atoms with Crippen LogP contribution in [0.5, 0.6) is 5.75 Å². The number of benzene rings is 1. The molecule has 0 saturated heterocycles. The highest BCUT2D eigenvalue weighted by atomic mass is 16.5. The summed E-state index contributed by atoms with van der Waals surface area (Å²) in [5.74, 6) is 0.773. The highest BCUT2D eigenvalue weighted by Gasteiger charge is 2.21. The van der Waals surface area contributed by atoms with E-state index in [1.807, 2.05) is 18.2 Å². The van der Waals surface area contributed by atoms with Gasteiger partial charge in [0.15, 0.2) is 0 Å². The van der Waals surface area contributed by atoms with Crippen LogP contribution in [0.25, 0.3) is 0 Å². The van der Waals surface area contributed by atoms with E-state index in [0.717, 1.165) is 43.4 Å². The Morgan fingerprint density at radius 3 is 1.97 bits per heavy atom. The molecule has 3 nitrogen and oxygen atoms in total. The molecule has 0 radical (unpaired) electrons. The molecule has 0 amide bonds. The average Bonchev–Trinajstić information content (AvgIpc) is 2.86. The molecule has 1 aliphatic heterocycles. The Balaban J connectivity index is 1.56. The molecule has 0 aromatic heterocycles. The van der Waals surface area contributed by atoms with Gasteiger partial charge in [-0.1, -0.05) is 110 Å². The quantitative estimate of drug-likeness (QED) is 0.140. The average molecular weight is 473 g/mol. The Bertz CT molecular complexity index is 654. The van der Waals surface area contributed by atoms with E-state index < -0.39 is 0 Å². The van der Waals surface area contributed by atoms with Gasteiger partial charge in [0, 0.05) is 0 Å². The molecule has 1 aromatic rings. The predicted molar refractivity (Wildman–Crippen MR) is 144 cm³/mol. The Morgan fingerprint density at radius 2 is 1.35 bits per heavy atom. The third-order valence-electron chi connectivity index (χ3n) is 7.19. The lowest BCUT2D eigenvalue weighted by Crippen LogP contribution is -2.23. The molecule has 3 heteroatoms. The second-order valence-corrected chi connectivity index (χ2v) is 10.3. The maximum Gasteiger partial charge on any atom is 0.338 e. The zero-order valence-corrected chi connectivity index (χ0v) is 22.4. The van der Waals surface area contributed by atoms with Gasteiger partial charge in [0.05, 0.1) is 18.3 Å². The first kappa shape index (κ1) is 28.7. The molecule has 0 N–H and O–H groups in total. The van der Waals surface area contributed by atoms with Gasteiger partial charge < -0.3 is 9.47 Å². The van der Waals surface area contributed by atoms with Crippen molar-refractivity contribution in [2.75, 3.05) is 6.61 Å². The SMILES string of the molecule is CCCCCCCCCCC[C@H]1CCc2cc(C(=O)OCCCCCCCCCC)ccc2O1. The van der Waals surface area contributed by atoms with Crippen molar-refractivity contribution < 1.29 is 14.3 Å². The summed E-state index contributed by atoms with van der Waals surface area (Å²) >= 11 is 0. The van der Waals surface area contributed by atoms with Crippen molar-refractivity contribution >= 4 is 5.97 Å². The molecular formula is C31H52O3. The van der Waals surface area contributed by atoms with Gasteiger partial charge in [-0.05, 0) is 55.9 Å². The second-order valence-electron chi connectivity index (χ2n) is 10.3. The van der Waals surface area contributed by atoms with E-state index in [-0.39, 0.29) is 5.97 Å². The summed E-state index contributed by atoms with van der Waals surface area (Å²) in [7, 11) is 0. The monoisotopic (exact) mass is 472 g/mol. The fourth-order valence-electron chi connectivity index (χ4n) is 4.94. The van der Waals surface area contributed by atoms with Crippen molar-refractivity contribution in [2.24, 2.45) is 0 Å². The number of rotatable bonds is 20. The molecule has 194 valence electrons. The van der Waals surface area contributed by atoms with Gasteiger partial charge in [-0.2, -0.15) is 0 Å². The van der Waals surface area contributed by atoms with E-state index in [1.54, 1.807) is 0 Å². The highest BCUT2D eigenvalue weighted by Crippen LogP contribution is 2.30. The van der Waals surface area contributed by atoms with E-state index in [9.17, 15) is 4.79 Å². The minimum absolute atomic E-state index is 0.192. The molecule has 1 aromatic carbocycles. The maximum absolute atomic E-state index is 12.4. The Labute approximate surface area is 210 Å². The molecule has 0 bridgehead atoms. The van der Waals surface area contributed by atoms with Crippen LogP contribution in [0.15, 0.2) is 18.2 Å². The van der Waals surface area contributed by atoms with Gasteiger partial charge >= 0.3 is 5.97 Å². The molecule has 1 heterocycles. The van der Waals surface area contributed by atoms with E-state index in [2.05, 4.69) is 13.8 Å². The first-order valence-electron chi connectivity index (χ1n) is 14.7. The van der Waals surface area contributed by atoms with Crippen LogP contribution in [-0.4, -0.2) is 18.7 Å². The predicted octanol–water partition coefficient (Wildman–Crippen LogP) is 9.60. The van der Waals surface area contributed by atoms with E-state index in [0.29, 0.717) is 18.3 Å². The van der Waals surface area contributed by atoms with Crippen LogP contribution in [-0.2, 0) is 11.2 Å². The second kappa shape index (κ2) is 18.8. The number of carbonyl (C=O) groups excluding carboxylic acids is 1. The lowest BCUT2D eigenvalue weighted by atomic mass is 9.97. The molecule has 0 unspecified atom stereocenters. The number of aryl methyl sites for hydroxylation is 1. The normalized spacial score (nSPS) is 15.1. The summed E-state index contributed by atoms with van der Waals surface area (Å²) in [5.41, 5.74) is 1.82. The largest absolute Gasteiger partial charge is 0.490 e. The topological polar surface area (TPSA) is 35.5 Å². The number of esters is 1. The van der Waals surface area contributed by atoms with E-state index in [1.165, 1.54) is 96.3 Å². The number of unbranched alkanes of at least 4 members (excludes halogenated alkanes) is 15. The van der Waals surface area contributed by atoms with Gasteiger partial charge in [-0.3, -0.25) is 0 Å². The van der Waals surface area contributed by atoms with Crippen LogP contribution >= 0.6 is 0 Å². The summed E-state index contributed by atoms with van der Waals surface area (Å²) in [4.78, 5) is 12.4. The van der Waals surface area contributed by atoms with Crippen LogP contribution in [0.4, 0.5) is 0 Å². The number of ether oxygens (including phenoxy) is 2. The fraction of sp³-hybridized carbons (Fsp3) is 0.774. The molecule has 1 atom stereocenters. The molecule has 2 rings (SSSR count). The van der Waals surface area contributed by atoms with Crippen LogP contribution in [0.2, 0.25) is 0 Å².